The van der Waals surface area contributed by atoms with E-state index in [1.165, 1.54) is 6.07 Å². The Hall–Kier alpha value is -1.94. The van der Waals surface area contributed by atoms with Gasteiger partial charge in [-0.2, -0.15) is 0 Å². The molecule has 0 fully saturated rings. The lowest BCUT2D eigenvalue weighted by atomic mass is 10.1. The second kappa shape index (κ2) is 5.60. The first-order valence-corrected chi connectivity index (χ1v) is 5.76. The molecule has 2 aromatic rings. The maximum Gasteiger partial charge on any atom is 0.165 e. The van der Waals surface area contributed by atoms with Crippen LogP contribution in [0.1, 0.15) is 18.7 Å². The smallest absolute Gasteiger partial charge is 0.165 e. The maximum atomic E-state index is 13.5. The molecule has 2 rings (SSSR count). The van der Waals surface area contributed by atoms with Gasteiger partial charge in [0, 0.05) is 12.2 Å². The molecule has 4 heteroatoms. The Balaban J connectivity index is 2.26. The molecule has 2 atom stereocenters. The van der Waals surface area contributed by atoms with Crippen LogP contribution in [0.15, 0.2) is 48.7 Å². The van der Waals surface area contributed by atoms with E-state index >= 15 is 0 Å². The Kier molecular flexibility index (Phi) is 3.89. The third-order valence-corrected chi connectivity index (χ3v) is 2.55. The van der Waals surface area contributed by atoms with Crippen LogP contribution in [0.2, 0.25) is 0 Å². The van der Waals surface area contributed by atoms with Crippen molar-refractivity contribution in [2.45, 2.75) is 19.1 Å². The average molecular weight is 246 g/mol. The number of ether oxygens (including phenoxy) is 1. The maximum absolute atomic E-state index is 13.5. The van der Waals surface area contributed by atoms with Crippen LogP contribution in [0.25, 0.3) is 0 Å². The molecule has 1 heterocycles. The van der Waals surface area contributed by atoms with Gasteiger partial charge in [-0.05, 0) is 31.2 Å². The standard InChI is InChI=1S/C14H15FN2O/c1-10(16)14(12-7-4-5-9-17-12)18-13-8-3-2-6-11(13)15/h2-10,14H,16H2,1H3. The van der Waals surface area contributed by atoms with Crippen molar-refractivity contribution in [1.82, 2.24) is 4.98 Å². The number of benzene rings is 1. The normalized spacial score (nSPS) is 13.9. The number of para-hydroxylation sites is 1. The van der Waals surface area contributed by atoms with Crippen molar-refractivity contribution in [1.29, 1.82) is 0 Å². The van der Waals surface area contributed by atoms with Crippen molar-refractivity contribution in [2.75, 3.05) is 0 Å². The van der Waals surface area contributed by atoms with Gasteiger partial charge in [0.15, 0.2) is 17.7 Å². The lowest BCUT2D eigenvalue weighted by Gasteiger charge is -2.22. The first-order chi connectivity index (χ1) is 8.68. The van der Waals surface area contributed by atoms with Gasteiger partial charge in [0.2, 0.25) is 0 Å². The van der Waals surface area contributed by atoms with Crippen LogP contribution in [0.3, 0.4) is 0 Å². The van der Waals surface area contributed by atoms with Crippen LogP contribution < -0.4 is 10.5 Å². The van der Waals surface area contributed by atoms with Crippen LogP contribution in [0.5, 0.6) is 5.75 Å². The lowest BCUT2D eigenvalue weighted by molar-refractivity contribution is 0.168. The number of aromatic nitrogens is 1. The highest BCUT2D eigenvalue weighted by Crippen LogP contribution is 2.24. The first-order valence-electron chi connectivity index (χ1n) is 5.76. The molecule has 0 amide bonds. The van der Waals surface area contributed by atoms with Crippen molar-refractivity contribution in [2.24, 2.45) is 5.73 Å². The largest absolute Gasteiger partial charge is 0.479 e. The summed E-state index contributed by atoms with van der Waals surface area (Å²) in [5.74, 6) is -0.218. The van der Waals surface area contributed by atoms with E-state index in [4.69, 9.17) is 10.5 Å². The zero-order valence-electron chi connectivity index (χ0n) is 10.1. The lowest BCUT2D eigenvalue weighted by Crippen LogP contribution is -2.29. The Bertz CT molecular complexity index is 502. The minimum Gasteiger partial charge on any atom is -0.479 e. The molecule has 94 valence electrons. The number of rotatable bonds is 4. The monoisotopic (exact) mass is 246 g/mol. The van der Waals surface area contributed by atoms with Crippen LogP contribution >= 0.6 is 0 Å². The highest BCUT2D eigenvalue weighted by molar-refractivity contribution is 5.25. The Labute approximate surface area is 105 Å². The SMILES string of the molecule is CC(N)C(Oc1ccccc1F)c1ccccn1. The van der Waals surface area contributed by atoms with Crippen LogP contribution in [0, 0.1) is 5.82 Å². The molecule has 0 aliphatic heterocycles. The van der Waals surface area contributed by atoms with Gasteiger partial charge in [0.1, 0.15) is 0 Å². The summed E-state index contributed by atoms with van der Waals surface area (Å²) in [5.41, 5.74) is 6.57. The fourth-order valence-corrected chi connectivity index (χ4v) is 1.66. The fraction of sp³-hybridized carbons (Fsp3) is 0.214. The third kappa shape index (κ3) is 2.84. The second-order valence-electron chi connectivity index (χ2n) is 4.08. The quantitative estimate of drug-likeness (QED) is 0.902. The first kappa shape index (κ1) is 12.5. The molecule has 1 aromatic heterocycles. The van der Waals surface area contributed by atoms with Gasteiger partial charge < -0.3 is 10.5 Å². The molecule has 0 saturated carbocycles. The van der Waals surface area contributed by atoms with E-state index in [1.54, 1.807) is 31.3 Å². The predicted molar refractivity (Wildman–Crippen MR) is 67.7 cm³/mol. The molecule has 0 spiro atoms. The number of nitrogens with two attached hydrogens (primary N) is 1. The molecule has 18 heavy (non-hydrogen) atoms. The summed E-state index contributed by atoms with van der Waals surface area (Å²) in [6.45, 7) is 1.81. The van der Waals surface area contributed by atoms with E-state index in [-0.39, 0.29) is 11.8 Å². The highest BCUT2D eigenvalue weighted by Gasteiger charge is 2.20. The predicted octanol–water partition coefficient (Wildman–Crippen LogP) is 2.69. The van der Waals surface area contributed by atoms with E-state index in [2.05, 4.69) is 4.98 Å². The molecule has 1 aromatic carbocycles. The minimum atomic E-state index is -0.469. The summed E-state index contributed by atoms with van der Waals surface area (Å²) in [7, 11) is 0. The average Bonchev–Trinajstić information content (AvgIpc) is 2.38. The Morgan fingerprint density at radius 1 is 1.17 bits per heavy atom. The summed E-state index contributed by atoms with van der Waals surface area (Å²) < 4.78 is 19.2. The number of hydrogen-bond acceptors (Lipinski definition) is 3. The van der Waals surface area contributed by atoms with Crippen molar-refractivity contribution in [3.63, 3.8) is 0 Å². The van der Waals surface area contributed by atoms with Crippen molar-refractivity contribution in [3.8, 4) is 5.75 Å². The van der Waals surface area contributed by atoms with E-state index in [9.17, 15) is 4.39 Å². The van der Waals surface area contributed by atoms with Gasteiger partial charge in [0.05, 0.1) is 5.69 Å². The third-order valence-electron chi connectivity index (χ3n) is 2.55. The molecule has 2 unspecified atom stereocenters. The van der Waals surface area contributed by atoms with Crippen molar-refractivity contribution >= 4 is 0 Å². The van der Waals surface area contributed by atoms with Gasteiger partial charge in [-0.1, -0.05) is 18.2 Å². The second-order valence-corrected chi connectivity index (χ2v) is 4.08. The fourth-order valence-electron chi connectivity index (χ4n) is 1.66. The number of nitrogens with zero attached hydrogens (tertiary/aromatic N) is 1. The Morgan fingerprint density at radius 2 is 1.89 bits per heavy atom. The summed E-state index contributed by atoms with van der Waals surface area (Å²) >= 11 is 0. The van der Waals surface area contributed by atoms with Crippen LogP contribution in [-0.2, 0) is 0 Å². The van der Waals surface area contributed by atoms with E-state index in [1.807, 2.05) is 18.2 Å². The van der Waals surface area contributed by atoms with E-state index in [0.717, 1.165) is 0 Å². The zero-order chi connectivity index (χ0) is 13.0. The van der Waals surface area contributed by atoms with Crippen LogP contribution in [-0.4, -0.2) is 11.0 Å². The number of hydrogen-bond donors (Lipinski definition) is 1. The number of pyridine rings is 1. The molecular formula is C14H15FN2O. The molecular weight excluding hydrogens is 231 g/mol. The summed E-state index contributed by atoms with van der Waals surface area (Å²) in [6, 6.07) is 11.4. The van der Waals surface area contributed by atoms with Gasteiger partial charge in [0.25, 0.3) is 0 Å². The van der Waals surface area contributed by atoms with Crippen molar-refractivity contribution < 1.29 is 9.13 Å². The molecule has 0 aliphatic carbocycles. The van der Waals surface area contributed by atoms with Gasteiger partial charge >= 0.3 is 0 Å². The molecule has 0 aliphatic rings. The topological polar surface area (TPSA) is 48.1 Å². The van der Waals surface area contributed by atoms with E-state index in [0.29, 0.717) is 5.69 Å². The zero-order valence-corrected chi connectivity index (χ0v) is 10.1. The molecule has 3 nitrogen and oxygen atoms in total. The Morgan fingerprint density at radius 3 is 2.50 bits per heavy atom. The summed E-state index contributed by atoms with van der Waals surface area (Å²) in [6.07, 6.45) is 1.19. The van der Waals surface area contributed by atoms with Crippen molar-refractivity contribution in [3.05, 3.63) is 60.2 Å². The minimum absolute atomic E-state index is 0.186. The van der Waals surface area contributed by atoms with Gasteiger partial charge in [-0.25, -0.2) is 4.39 Å². The summed E-state index contributed by atoms with van der Waals surface area (Å²) in [5, 5.41) is 0. The van der Waals surface area contributed by atoms with E-state index < -0.39 is 11.9 Å². The molecule has 0 bridgehead atoms. The molecule has 0 radical (unpaired) electrons. The number of halogens is 1. The van der Waals surface area contributed by atoms with Crippen LogP contribution in [0.4, 0.5) is 4.39 Å². The highest BCUT2D eigenvalue weighted by atomic mass is 19.1. The molecule has 0 saturated heterocycles. The summed E-state index contributed by atoms with van der Waals surface area (Å²) in [4.78, 5) is 4.20. The van der Waals surface area contributed by atoms with Gasteiger partial charge in [-0.15, -0.1) is 0 Å². The van der Waals surface area contributed by atoms with Gasteiger partial charge in [-0.3, -0.25) is 4.98 Å². The molecule has 2 N–H and O–H groups in total.